The Labute approximate surface area is 205 Å². The summed E-state index contributed by atoms with van der Waals surface area (Å²) < 4.78 is 6.40. The van der Waals surface area contributed by atoms with Crippen molar-refractivity contribution in [1.82, 2.24) is 14.9 Å². The summed E-state index contributed by atoms with van der Waals surface area (Å²) in [4.78, 5) is 54.1. The molecule has 0 saturated heterocycles. The van der Waals surface area contributed by atoms with Gasteiger partial charge in [-0.25, -0.2) is 19.1 Å². The zero-order valence-corrected chi connectivity index (χ0v) is 21.2. The monoisotopic (exact) mass is 485 g/mol. The van der Waals surface area contributed by atoms with Gasteiger partial charge < -0.3 is 15.2 Å². The van der Waals surface area contributed by atoms with Crippen LogP contribution in [-0.4, -0.2) is 50.1 Å². The first-order valence-corrected chi connectivity index (χ1v) is 11.5. The van der Waals surface area contributed by atoms with Gasteiger partial charge in [0.15, 0.2) is 0 Å². The molecule has 0 fully saturated rings. The molecule has 190 valence electrons. The zero-order chi connectivity index (χ0) is 26.4. The van der Waals surface area contributed by atoms with Gasteiger partial charge in [-0.2, -0.15) is 0 Å². The largest absolute Gasteiger partial charge is 0.480 e. The summed E-state index contributed by atoms with van der Waals surface area (Å²) in [7, 11) is 0. The van der Waals surface area contributed by atoms with Crippen LogP contribution >= 0.6 is 0 Å². The van der Waals surface area contributed by atoms with Crippen LogP contribution < -0.4 is 5.32 Å². The number of carbonyl (C=O) groups is 4. The number of ether oxygens (including phenoxy) is 1. The van der Waals surface area contributed by atoms with Crippen LogP contribution in [0.25, 0.3) is 0 Å². The molecule has 0 saturated carbocycles. The Bertz CT molecular complexity index is 1050. The maximum atomic E-state index is 13.2. The lowest BCUT2D eigenvalue weighted by atomic mass is 9.83. The summed E-state index contributed by atoms with van der Waals surface area (Å²) in [5, 5.41) is 12.3. The number of aromatic nitrogens is 2. The minimum absolute atomic E-state index is 0.0101. The van der Waals surface area contributed by atoms with Crippen molar-refractivity contribution in [2.75, 3.05) is 0 Å². The Hall–Kier alpha value is -3.49. The van der Waals surface area contributed by atoms with Crippen molar-refractivity contribution < 1.29 is 29.0 Å². The van der Waals surface area contributed by atoms with E-state index in [0.29, 0.717) is 12.1 Å². The van der Waals surface area contributed by atoms with E-state index in [1.807, 2.05) is 30.3 Å². The van der Waals surface area contributed by atoms with Gasteiger partial charge >= 0.3 is 12.1 Å². The second-order valence-electron chi connectivity index (χ2n) is 10.6. The number of hydrogen-bond acceptors (Lipinski definition) is 6. The molecule has 0 bridgehead atoms. The molecule has 9 heteroatoms. The molecule has 1 heterocycles. The van der Waals surface area contributed by atoms with E-state index in [2.05, 4.69) is 10.3 Å². The van der Waals surface area contributed by atoms with E-state index >= 15 is 0 Å². The molecule has 0 aliphatic heterocycles. The molecular formula is C26H35N3O6. The fourth-order valence-corrected chi connectivity index (χ4v) is 3.27. The van der Waals surface area contributed by atoms with Crippen LogP contribution in [0.1, 0.15) is 59.2 Å². The number of imidazole rings is 1. The number of nitrogens with zero attached hydrogens (tertiary/aromatic N) is 2. The fraction of sp³-hybridized carbons (Fsp3) is 0.500. The third kappa shape index (κ3) is 8.99. The normalized spacial score (nSPS) is 13.5. The average molecular weight is 486 g/mol. The third-order valence-electron chi connectivity index (χ3n) is 5.23. The zero-order valence-electron chi connectivity index (χ0n) is 21.2. The van der Waals surface area contributed by atoms with Crippen molar-refractivity contribution in [2.24, 2.45) is 11.3 Å². The van der Waals surface area contributed by atoms with Crippen LogP contribution in [0.4, 0.5) is 4.79 Å². The quantitative estimate of drug-likeness (QED) is 0.555. The van der Waals surface area contributed by atoms with Crippen molar-refractivity contribution in [3.63, 3.8) is 0 Å². The Morgan fingerprint density at radius 1 is 1.03 bits per heavy atom. The van der Waals surface area contributed by atoms with Gasteiger partial charge in [0, 0.05) is 30.4 Å². The number of ketones is 1. The smallest absolute Gasteiger partial charge is 0.419 e. The molecule has 1 amide bonds. The minimum atomic E-state index is -1.28. The van der Waals surface area contributed by atoms with E-state index < -0.39 is 40.9 Å². The predicted octanol–water partition coefficient (Wildman–Crippen LogP) is 3.64. The minimum Gasteiger partial charge on any atom is -0.480 e. The van der Waals surface area contributed by atoms with Gasteiger partial charge in [-0.15, -0.1) is 0 Å². The highest BCUT2D eigenvalue weighted by molar-refractivity contribution is 5.91. The molecule has 2 atom stereocenters. The number of hydrogen-bond donors (Lipinski definition) is 2. The number of Topliss-reactive ketones (excluding diaryl/α,β-unsaturated/α-hetero) is 1. The van der Waals surface area contributed by atoms with E-state index in [0.717, 1.165) is 10.1 Å². The van der Waals surface area contributed by atoms with Crippen molar-refractivity contribution in [3.05, 3.63) is 54.1 Å². The second-order valence-corrected chi connectivity index (χ2v) is 10.6. The molecule has 0 aliphatic rings. The SMILES string of the molecule is CC(C)(C)OC(=O)n1cnc(C[C@H](NC(=O)[C@@H](CC(=O)C(C)(C)C)Cc2ccccc2)C(=O)O)c1. The van der Waals surface area contributed by atoms with E-state index in [1.54, 1.807) is 41.5 Å². The lowest BCUT2D eigenvalue weighted by Gasteiger charge is -2.23. The summed E-state index contributed by atoms with van der Waals surface area (Å²) >= 11 is 0. The molecule has 2 N–H and O–H groups in total. The lowest BCUT2D eigenvalue weighted by molar-refractivity contribution is -0.142. The van der Waals surface area contributed by atoms with Crippen molar-refractivity contribution in [1.29, 1.82) is 0 Å². The van der Waals surface area contributed by atoms with E-state index in [4.69, 9.17) is 4.74 Å². The first-order valence-electron chi connectivity index (χ1n) is 11.5. The molecule has 2 rings (SSSR count). The number of aliphatic carboxylic acids is 1. The Morgan fingerprint density at radius 2 is 1.66 bits per heavy atom. The van der Waals surface area contributed by atoms with Crippen LogP contribution in [0.5, 0.6) is 0 Å². The summed E-state index contributed by atoms with van der Waals surface area (Å²) in [6.45, 7) is 10.6. The lowest BCUT2D eigenvalue weighted by Crippen LogP contribution is -2.46. The summed E-state index contributed by atoms with van der Waals surface area (Å²) in [6, 6.07) is 7.98. The molecule has 0 spiro atoms. The number of carbonyl (C=O) groups excluding carboxylic acids is 3. The second kappa shape index (κ2) is 11.3. The molecule has 0 radical (unpaired) electrons. The Morgan fingerprint density at radius 3 is 2.20 bits per heavy atom. The van der Waals surface area contributed by atoms with Crippen LogP contribution in [0.15, 0.2) is 42.9 Å². The van der Waals surface area contributed by atoms with Crippen LogP contribution in [0.3, 0.4) is 0 Å². The van der Waals surface area contributed by atoms with Gasteiger partial charge in [0.2, 0.25) is 5.91 Å². The van der Waals surface area contributed by atoms with Crippen molar-refractivity contribution in [2.45, 2.75) is 72.4 Å². The summed E-state index contributed by atoms with van der Waals surface area (Å²) in [5.41, 5.74) is -0.154. The molecule has 35 heavy (non-hydrogen) atoms. The van der Waals surface area contributed by atoms with Gasteiger partial charge in [0.05, 0.1) is 5.69 Å². The first kappa shape index (κ1) is 27.8. The highest BCUT2D eigenvalue weighted by Gasteiger charge is 2.31. The number of carboxylic acids is 1. The number of amides is 1. The van der Waals surface area contributed by atoms with Crippen LogP contribution in [0.2, 0.25) is 0 Å². The van der Waals surface area contributed by atoms with Crippen molar-refractivity contribution in [3.8, 4) is 0 Å². The molecule has 1 aromatic carbocycles. The van der Waals surface area contributed by atoms with E-state index in [9.17, 15) is 24.3 Å². The summed E-state index contributed by atoms with van der Waals surface area (Å²) in [6.07, 6.45) is 2.13. The Kier molecular flexibility index (Phi) is 8.95. The molecular weight excluding hydrogens is 450 g/mol. The van der Waals surface area contributed by atoms with Gasteiger partial charge in [0.1, 0.15) is 23.8 Å². The van der Waals surface area contributed by atoms with Gasteiger partial charge in [-0.05, 0) is 32.8 Å². The van der Waals surface area contributed by atoms with E-state index in [-0.39, 0.29) is 18.6 Å². The van der Waals surface area contributed by atoms with Gasteiger partial charge in [-0.3, -0.25) is 9.59 Å². The predicted molar refractivity (Wildman–Crippen MR) is 130 cm³/mol. The molecule has 2 aromatic rings. The molecule has 1 aromatic heterocycles. The summed E-state index contributed by atoms with van der Waals surface area (Å²) in [5.74, 6) is -2.59. The number of nitrogens with one attached hydrogen (secondary N) is 1. The van der Waals surface area contributed by atoms with Gasteiger partial charge in [0.25, 0.3) is 0 Å². The maximum absolute atomic E-state index is 13.2. The van der Waals surface area contributed by atoms with Crippen LogP contribution in [0, 0.1) is 11.3 Å². The topological polar surface area (TPSA) is 128 Å². The number of rotatable bonds is 9. The molecule has 0 unspecified atom stereocenters. The van der Waals surface area contributed by atoms with Crippen molar-refractivity contribution >= 4 is 23.8 Å². The van der Waals surface area contributed by atoms with E-state index in [1.165, 1.54) is 12.5 Å². The maximum Gasteiger partial charge on any atom is 0.419 e. The number of benzene rings is 1. The van der Waals surface area contributed by atoms with Crippen LogP contribution in [-0.2, 0) is 32.0 Å². The first-order chi connectivity index (χ1) is 16.2. The number of carboxylic acid groups (broad SMARTS) is 1. The standard InChI is InChI=1S/C26H35N3O6/c1-25(2,3)21(30)13-18(12-17-10-8-7-9-11-17)22(31)28-20(23(32)33)14-19-15-29(16-27-19)24(34)35-26(4,5)6/h7-11,15-16,18,20H,12-14H2,1-6H3,(H,28,31)(H,32,33)/t18-,20+/m1/s1. The molecule has 0 aliphatic carbocycles. The molecule has 9 nitrogen and oxygen atoms in total. The highest BCUT2D eigenvalue weighted by Crippen LogP contribution is 2.23. The Balaban J connectivity index is 2.16. The average Bonchev–Trinajstić information content (AvgIpc) is 3.20. The van der Waals surface area contributed by atoms with Gasteiger partial charge in [-0.1, -0.05) is 51.1 Å². The fourth-order valence-electron chi connectivity index (χ4n) is 3.27. The third-order valence-corrected chi connectivity index (χ3v) is 5.23. The highest BCUT2D eigenvalue weighted by atomic mass is 16.6.